The summed E-state index contributed by atoms with van der Waals surface area (Å²) in [7, 11) is 0. The van der Waals surface area contributed by atoms with Crippen LogP contribution in [0.2, 0.25) is 0 Å². The number of hydrogen-bond donors (Lipinski definition) is 2. The van der Waals surface area contributed by atoms with Crippen LogP contribution in [0.1, 0.15) is 34.1 Å². The fourth-order valence-electron chi connectivity index (χ4n) is 1.55. The summed E-state index contributed by atoms with van der Waals surface area (Å²) in [5, 5.41) is 2.04. The van der Waals surface area contributed by atoms with Gasteiger partial charge in [0.15, 0.2) is 0 Å². The Balaban J connectivity index is 4.27. The lowest BCUT2D eigenvalue weighted by molar-refractivity contribution is -0.159. The number of nitrogens with one attached hydrogen (secondary N) is 1. The van der Waals surface area contributed by atoms with Gasteiger partial charge in [-0.25, -0.2) is 4.79 Å². The Labute approximate surface area is 144 Å². The first kappa shape index (κ1) is 21.3. The van der Waals surface area contributed by atoms with Crippen LogP contribution in [0.3, 0.4) is 0 Å². The topological polar surface area (TPSA) is 64.6 Å². The molecule has 130 valence electrons. The molecule has 0 saturated carbocycles. The number of alkyl carbamates (subject to hydrolysis) is 1. The van der Waals surface area contributed by atoms with E-state index in [1.54, 1.807) is 45.9 Å². The summed E-state index contributed by atoms with van der Waals surface area (Å²) in [5.74, 6) is -0.712. The molecule has 0 aromatic heterocycles. The lowest BCUT2D eigenvalue weighted by atomic mass is 10.1. The third kappa shape index (κ3) is 10.6. The third-order valence-electron chi connectivity index (χ3n) is 2.63. The smallest absolute Gasteiger partial charge is 0.408 e. The third-order valence-corrected chi connectivity index (χ3v) is 2.97. The second kappa shape index (κ2) is 10.2. The number of amides is 1. The average molecular weight is 341 g/mol. The van der Waals surface area contributed by atoms with E-state index in [2.05, 4.69) is 31.1 Å². The zero-order valence-electron chi connectivity index (χ0n) is 14.3. The van der Waals surface area contributed by atoms with Gasteiger partial charge in [0.2, 0.25) is 0 Å². The predicted octanol–water partition coefficient (Wildman–Crippen LogP) is 3.63. The molecule has 0 aliphatic heterocycles. The molecule has 0 heterocycles. The van der Waals surface area contributed by atoms with Gasteiger partial charge in [0.1, 0.15) is 12.2 Å². The molecule has 6 heteroatoms. The normalized spacial score (nSPS) is 14.4. The molecular weight excluding hydrogens is 314 g/mol. The van der Waals surface area contributed by atoms with E-state index >= 15 is 0 Å². The van der Waals surface area contributed by atoms with E-state index in [1.807, 2.05) is 0 Å². The summed E-state index contributed by atoms with van der Waals surface area (Å²) in [6.45, 7) is 14.4. The van der Waals surface area contributed by atoms with Crippen molar-refractivity contribution in [1.29, 1.82) is 0 Å². The molecule has 0 spiro atoms. The number of esters is 1. The van der Waals surface area contributed by atoms with Gasteiger partial charge in [-0.1, -0.05) is 38.3 Å². The lowest BCUT2D eigenvalue weighted by Gasteiger charge is -2.23. The van der Waals surface area contributed by atoms with Crippen molar-refractivity contribution in [3.05, 3.63) is 37.0 Å². The van der Waals surface area contributed by atoms with Crippen LogP contribution in [0.4, 0.5) is 4.79 Å². The van der Waals surface area contributed by atoms with Crippen molar-refractivity contribution >= 4 is 24.7 Å². The molecule has 0 aromatic carbocycles. The lowest BCUT2D eigenvalue weighted by Crippen LogP contribution is -2.35. The van der Waals surface area contributed by atoms with Gasteiger partial charge in [-0.3, -0.25) is 4.79 Å². The first-order valence-electron chi connectivity index (χ1n) is 7.37. The number of carbonyl (C=O) groups is 2. The maximum absolute atomic E-state index is 11.9. The highest BCUT2D eigenvalue weighted by Crippen LogP contribution is 2.16. The molecule has 0 bridgehead atoms. The van der Waals surface area contributed by atoms with Crippen LogP contribution in [0, 0.1) is 5.92 Å². The minimum Gasteiger partial charge on any atom is -0.460 e. The minimum atomic E-state index is -0.613. The van der Waals surface area contributed by atoms with Crippen molar-refractivity contribution < 1.29 is 19.1 Å². The zero-order valence-corrected chi connectivity index (χ0v) is 15.2. The van der Waals surface area contributed by atoms with Crippen LogP contribution in [0.5, 0.6) is 0 Å². The molecule has 5 nitrogen and oxygen atoms in total. The summed E-state index contributed by atoms with van der Waals surface area (Å²) < 4.78 is 10.3. The van der Waals surface area contributed by atoms with E-state index in [0.717, 1.165) is 5.57 Å². The molecule has 2 unspecified atom stereocenters. The van der Waals surface area contributed by atoms with Gasteiger partial charge in [0.25, 0.3) is 0 Å². The summed E-state index contributed by atoms with van der Waals surface area (Å²) >= 11 is 4.25. The number of thiol groups is 1. The second-order valence-corrected chi connectivity index (χ2v) is 6.71. The van der Waals surface area contributed by atoms with Gasteiger partial charge in [0.05, 0.1) is 11.3 Å². The van der Waals surface area contributed by atoms with Gasteiger partial charge in [0, 0.05) is 0 Å². The molecular formula is C17H27NO4S. The van der Waals surface area contributed by atoms with Crippen molar-refractivity contribution in [1.82, 2.24) is 5.32 Å². The Morgan fingerprint density at radius 2 is 1.91 bits per heavy atom. The van der Waals surface area contributed by atoms with Crippen LogP contribution in [0.25, 0.3) is 0 Å². The number of rotatable bonds is 8. The van der Waals surface area contributed by atoms with Crippen molar-refractivity contribution in [2.75, 3.05) is 6.61 Å². The molecule has 23 heavy (non-hydrogen) atoms. The first-order chi connectivity index (χ1) is 10.6. The van der Waals surface area contributed by atoms with Gasteiger partial charge in [-0.05, 0) is 32.8 Å². The molecule has 1 amide bonds. The molecule has 0 aromatic rings. The van der Waals surface area contributed by atoms with Gasteiger partial charge in [-0.15, -0.1) is 0 Å². The van der Waals surface area contributed by atoms with Crippen molar-refractivity contribution in [2.45, 2.75) is 45.1 Å². The number of carbonyl (C=O) groups excluding carboxylic acids is 2. The van der Waals surface area contributed by atoms with E-state index in [4.69, 9.17) is 9.47 Å². The SMILES string of the molecule is C=C/C=C(\C=C)COC(=O)NC(S)CC(C)C(=O)OC(C)(C)C. The largest absolute Gasteiger partial charge is 0.460 e. The molecule has 0 aliphatic rings. The highest BCUT2D eigenvalue weighted by Gasteiger charge is 2.24. The van der Waals surface area contributed by atoms with E-state index in [9.17, 15) is 9.59 Å². The first-order valence-corrected chi connectivity index (χ1v) is 7.89. The molecule has 0 radical (unpaired) electrons. The van der Waals surface area contributed by atoms with Crippen molar-refractivity contribution in [3.8, 4) is 0 Å². The van der Waals surface area contributed by atoms with Crippen LogP contribution in [-0.4, -0.2) is 29.6 Å². The van der Waals surface area contributed by atoms with Crippen LogP contribution < -0.4 is 5.32 Å². The molecule has 0 saturated heterocycles. The standard InChI is InChI=1S/C17H27NO4S/c1-7-9-13(8-2)11-21-16(20)18-14(23)10-12(3)15(19)22-17(4,5)6/h7-9,12,14,23H,1-2,10-11H2,3-6H3,(H,18,20)/b13-9+. The van der Waals surface area contributed by atoms with E-state index < -0.39 is 17.1 Å². The van der Waals surface area contributed by atoms with Crippen LogP contribution in [0.15, 0.2) is 37.0 Å². The summed E-state index contributed by atoms with van der Waals surface area (Å²) in [4.78, 5) is 23.6. The highest BCUT2D eigenvalue weighted by molar-refractivity contribution is 7.80. The van der Waals surface area contributed by atoms with Gasteiger partial charge in [-0.2, -0.15) is 12.6 Å². The van der Waals surface area contributed by atoms with E-state index in [0.29, 0.717) is 6.42 Å². The Morgan fingerprint density at radius 3 is 2.39 bits per heavy atom. The molecule has 0 fully saturated rings. The Kier molecular flexibility index (Phi) is 9.41. The van der Waals surface area contributed by atoms with Crippen LogP contribution >= 0.6 is 12.6 Å². The van der Waals surface area contributed by atoms with Crippen molar-refractivity contribution in [3.63, 3.8) is 0 Å². The fourth-order valence-corrected chi connectivity index (χ4v) is 1.97. The highest BCUT2D eigenvalue weighted by atomic mass is 32.1. The van der Waals surface area contributed by atoms with E-state index in [1.165, 1.54) is 0 Å². The Morgan fingerprint density at radius 1 is 1.30 bits per heavy atom. The molecule has 2 atom stereocenters. The molecule has 0 rings (SSSR count). The maximum atomic E-state index is 11.9. The predicted molar refractivity (Wildman–Crippen MR) is 95.4 cm³/mol. The van der Waals surface area contributed by atoms with E-state index in [-0.39, 0.29) is 18.5 Å². The molecule has 0 aliphatic carbocycles. The molecule has 1 N–H and O–H groups in total. The second-order valence-electron chi connectivity index (χ2n) is 6.09. The quantitative estimate of drug-likeness (QED) is 0.306. The Bertz CT molecular complexity index is 466. The fraction of sp³-hybridized carbons (Fsp3) is 0.529. The zero-order chi connectivity index (χ0) is 18.0. The summed E-state index contributed by atoms with van der Waals surface area (Å²) in [6, 6.07) is 0. The summed E-state index contributed by atoms with van der Waals surface area (Å²) in [6.07, 6.45) is 4.59. The number of ether oxygens (including phenoxy) is 2. The number of hydrogen-bond acceptors (Lipinski definition) is 5. The Hall–Kier alpha value is -1.69. The van der Waals surface area contributed by atoms with Gasteiger partial charge < -0.3 is 14.8 Å². The summed E-state index contributed by atoms with van der Waals surface area (Å²) in [5.41, 5.74) is 0.190. The monoisotopic (exact) mass is 341 g/mol. The maximum Gasteiger partial charge on any atom is 0.408 e. The van der Waals surface area contributed by atoms with Gasteiger partial charge >= 0.3 is 12.1 Å². The van der Waals surface area contributed by atoms with Crippen LogP contribution in [-0.2, 0) is 14.3 Å². The number of allylic oxidation sites excluding steroid dienone is 2. The minimum absolute atomic E-state index is 0.0868. The average Bonchev–Trinajstić information content (AvgIpc) is 2.41. The van der Waals surface area contributed by atoms with Crippen molar-refractivity contribution in [2.24, 2.45) is 5.92 Å².